The molecule has 0 aliphatic carbocycles. The van der Waals surface area contributed by atoms with Crippen molar-refractivity contribution < 1.29 is 8.42 Å². The third-order valence-corrected chi connectivity index (χ3v) is 7.36. The van der Waals surface area contributed by atoms with Crippen LogP contribution < -0.4 is 0 Å². The van der Waals surface area contributed by atoms with Crippen molar-refractivity contribution in [3.63, 3.8) is 0 Å². The predicted molar refractivity (Wildman–Crippen MR) is 84.2 cm³/mol. The topological polar surface area (TPSA) is 37.4 Å². The maximum atomic E-state index is 12.6. The lowest BCUT2D eigenvalue weighted by atomic mass is 10.2. The van der Waals surface area contributed by atoms with Gasteiger partial charge < -0.3 is 0 Å². The Labute approximate surface area is 135 Å². The smallest absolute Gasteiger partial charge is 0.207 e. The minimum Gasteiger partial charge on any atom is -0.207 e. The molecule has 0 unspecified atom stereocenters. The van der Waals surface area contributed by atoms with Gasteiger partial charge in [0.25, 0.3) is 0 Å². The minimum atomic E-state index is -3.46. The summed E-state index contributed by atoms with van der Waals surface area (Å²) >= 11 is 12.7. The van der Waals surface area contributed by atoms with Gasteiger partial charge in [-0.2, -0.15) is 4.31 Å². The molecule has 1 aromatic carbocycles. The first kappa shape index (κ1) is 15.8. The maximum absolute atomic E-state index is 12.6. The van der Waals surface area contributed by atoms with Crippen molar-refractivity contribution in [1.29, 1.82) is 0 Å². The van der Waals surface area contributed by atoms with E-state index in [4.69, 9.17) is 11.6 Å². The van der Waals surface area contributed by atoms with E-state index in [1.54, 1.807) is 6.07 Å². The van der Waals surface area contributed by atoms with Crippen LogP contribution in [0.25, 0.3) is 0 Å². The van der Waals surface area contributed by atoms with E-state index in [1.165, 1.54) is 4.31 Å². The Balaban J connectivity index is 2.37. The molecule has 0 amide bonds. The highest BCUT2D eigenvalue weighted by molar-refractivity contribution is 9.11. The third kappa shape index (κ3) is 3.35. The normalized spacial score (nSPS) is 18.7. The lowest BCUT2D eigenvalue weighted by molar-refractivity contribution is 0.350. The molecule has 0 bridgehead atoms. The lowest BCUT2D eigenvalue weighted by Crippen LogP contribution is -2.38. The Morgan fingerprint density at radius 2 is 1.79 bits per heavy atom. The van der Waals surface area contributed by atoms with E-state index >= 15 is 0 Å². The number of hydrogen-bond donors (Lipinski definition) is 0. The van der Waals surface area contributed by atoms with E-state index < -0.39 is 10.0 Å². The number of hydrogen-bond acceptors (Lipinski definition) is 2. The standard InChI is InChI=1S/C12H14Br2ClNO2S/c1-8-6-11(14)12(7-10(8)13)19(17,18)16-4-2-9(15)3-5-16/h6-7,9H,2-5H2,1H3. The number of aryl methyl sites for hydroxylation is 1. The molecule has 0 radical (unpaired) electrons. The average Bonchev–Trinajstić information content (AvgIpc) is 2.34. The molecule has 0 atom stereocenters. The van der Waals surface area contributed by atoms with Crippen LogP contribution >= 0.6 is 43.5 Å². The largest absolute Gasteiger partial charge is 0.244 e. The monoisotopic (exact) mass is 429 g/mol. The van der Waals surface area contributed by atoms with E-state index in [0.717, 1.165) is 10.0 Å². The molecule has 0 N–H and O–H groups in total. The molecule has 19 heavy (non-hydrogen) atoms. The molecular formula is C12H14Br2ClNO2S. The summed E-state index contributed by atoms with van der Waals surface area (Å²) in [7, 11) is -3.46. The zero-order valence-corrected chi connectivity index (χ0v) is 15.1. The van der Waals surface area contributed by atoms with Crippen LogP contribution in [0.5, 0.6) is 0 Å². The first-order chi connectivity index (χ1) is 8.82. The van der Waals surface area contributed by atoms with Crippen LogP contribution in [0, 0.1) is 6.92 Å². The van der Waals surface area contributed by atoms with Gasteiger partial charge in [-0.05, 0) is 53.4 Å². The molecule has 1 saturated heterocycles. The SMILES string of the molecule is Cc1cc(Br)c(S(=O)(=O)N2CCC(Cl)CC2)cc1Br. The van der Waals surface area contributed by atoms with Gasteiger partial charge in [0.1, 0.15) is 0 Å². The van der Waals surface area contributed by atoms with E-state index in [2.05, 4.69) is 31.9 Å². The molecule has 1 aromatic rings. The quantitative estimate of drug-likeness (QED) is 0.666. The Morgan fingerprint density at radius 1 is 1.21 bits per heavy atom. The van der Waals surface area contributed by atoms with Crippen molar-refractivity contribution in [2.24, 2.45) is 0 Å². The highest BCUT2D eigenvalue weighted by Gasteiger charge is 2.30. The Morgan fingerprint density at radius 3 is 2.37 bits per heavy atom. The number of sulfonamides is 1. The fraction of sp³-hybridized carbons (Fsp3) is 0.500. The van der Waals surface area contributed by atoms with E-state index in [-0.39, 0.29) is 5.38 Å². The van der Waals surface area contributed by atoms with Gasteiger partial charge in [0, 0.05) is 27.4 Å². The van der Waals surface area contributed by atoms with Gasteiger partial charge in [-0.15, -0.1) is 11.6 Å². The summed E-state index contributed by atoms with van der Waals surface area (Å²) < 4.78 is 28.1. The van der Waals surface area contributed by atoms with Gasteiger partial charge >= 0.3 is 0 Å². The van der Waals surface area contributed by atoms with Crippen LogP contribution in [0.1, 0.15) is 18.4 Å². The van der Waals surface area contributed by atoms with Gasteiger partial charge in [-0.3, -0.25) is 0 Å². The van der Waals surface area contributed by atoms with Crippen molar-refractivity contribution >= 4 is 53.5 Å². The summed E-state index contributed by atoms with van der Waals surface area (Å²) in [6.07, 6.45) is 1.40. The summed E-state index contributed by atoms with van der Waals surface area (Å²) in [5, 5.41) is 0.0830. The highest BCUT2D eigenvalue weighted by Crippen LogP contribution is 2.32. The average molecular weight is 432 g/mol. The molecule has 7 heteroatoms. The first-order valence-corrected chi connectivity index (χ1v) is 9.38. The molecule has 1 fully saturated rings. The molecule has 1 heterocycles. The van der Waals surface area contributed by atoms with Crippen LogP contribution in [-0.4, -0.2) is 31.2 Å². The third-order valence-electron chi connectivity index (χ3n) is 3.21. The molecular weight excluding hydrogens is 417 g/mol. The molecule has 106 valence electrons. The van der Waals surface area contributed by atoms with Crippen LogP contribution in [-0.2, 0) is 10.0 Å². The Hall–Kier alpha value is 0.380. The number of rotatable bonds is 2. The summed E-state index contributed by atoms with van der Waals surface area (Å²) in [5.41, 5.74) is 0.991. The zero-order chi connectivity index (χ0) is 14.2. The Kier molecular flexibility index (Phi) is 4.99. The minimum absolute atomic E-state index is 0.0830. The molecule has 1 aliphatic rings. The van der Waals surface area contributed by atoms with Crippen LogP contribution in [0.15, 0.2) is 26.0 Å². The van der Waals surface area contributed by atoms with Crippen molar-refractivity contribution in [3.05, 3.63) is 26.6 Å². The molecule has 3 nitrogen and oxygen atoms in total. The second kappa shape index (κ2) is 6.02. The summed E-state index contributed by atoms with van der Waals surface area (Å²) in [6, 6.07) is 3.47. The number of halogens is 3. The molecule has 0 spiro atoms. The fourth-order valence-electron chi connectivity index (χ4n) is 2.03. The van der Waals surface area contributed by atoms with Crippen LogP contribution in [0.4, 0.5) is 0 Å². The molecule has 2 rings (SSSR count). The van der Waals surface area contributed by atoms with Crippen molar-refractivity contribution in [2.45, 2.75) is 30.0 Å². The van der Waals surface area contributed by atoms with E-state index in [9.17, 15) is 8.42 Å². The maximum Gasteiger partial charge on any atom is 0.244 e. The molecule has 0 saturated carbocycles. The second-order valence-corrected chi connectivity index (χ2v) is 8.84. The van der Waals surface area contributed by atoms with Crippen LogP contribution in [0.3, 0.4) is 0 Å². The number of nitrogens with zero attached hydrogens (tertiary/aromatic N) is 1. The van der Waals surface area contributed by atoms with Crippen molar-refractivity contribution in [1.82, 2.24) is 4.31 Å². The van der Waals surface area contributed by atoms with Gasteiger partial charge in [0.2, 0.25) is 10.0 Å². The zero-order valence-electron chi connectivity index (χ0n) is 10.4. The van der Waals surface area contributed by atoms with Gasteiger partial charge in [-0.25, -0.2) is 8.42 Å². The highest BCUT2D eigenvalue weighted by atomic mass is 79.9. The van der Waals surface area contributed by atoms with Gasteiger partial charge in [0.15, 0.2) is 0 Å². The summed E-state index contributed by atoms with van der Waals surface area (Å²) in [4.78, 5) is 0.304. The first-order valence-electron chi connectivity index (χ1n) is 5.92. The van der Waals surface area contributed by atoms with Gasteiger partial charge in [0.05, 0.1) is 4.90 Å². The van der Waals surface area contributed by atoms with Crippen molar-refractivity contribution in [2.75, 3.05) is 13.1 Å². The Bertz CT molecular complexity index is 584. The fourth-order valence-corrected chi connectivity index (χ4v) is 5.33. The van der Waals surface area contributed by atoms with Crippen LogP contribution in [0.2, 0.25) is 0 Å². The van der Waals surface area contributed by atoms with E-state index in [0.29, 0.717) is 35.3 Å². The number of piperidine rings is 1. The number of benzene rings is 1. The summed E-state index contributed by atoms with van der Waals surface area (Å²) in [6.45, 7) is 2.88. The lowest BCUT2D eigenvalue weighted by Gasteiger charge is -2.28. The van der Waals surface area contributed by atoms with Gasteiger partial charge in [-0.1, -0.05) is 15.9 Å². The molecule has 0 aromatic heterocycles. The second-order valence-electron chi connectivity index (χ2n) is 4.61. The number of alkyl halides is 1. The predicted octanol–water partition coefficient (Wildman–Crippen LogP) is 3.91. The van der Waals surface area contributed by atoms with E-state index in [1.807, 2.05) is 13.0 Å². The summed E-state index contributed by atoms with van der Waals surface area (Å²) in [5.74, 6) is 0. The van der Waals surface area contributed by atoms with Crippen molar-refractivity contribution in [3.8, 4) is 0 Å². The molecule has 1 aliphatic heterocycles.